The first-order chi connectivity index (χ1) is 15.1. The number of β-amino-alcohol motifs (C(OH)–C–C–N with tert-alkyl or cyclic N) is 1. The Morgan fingerprint density at radius 2 is 1.94 bits per heavy atom. The Kier molecular flexibility index (Phi) is 6.24. The lowest BCUT2D eigenvalue weighted by Gasteiger charge is -2.37. The molecule has 2 saturated heterocycles. The second-order valence-corrected chi connectivity index (χ2v) is 10.3. The molecule has 4 rings (SSSR count). The third kappa shape index (κ3) is 4.64. The zero-order chi connectivity index (χ0) is 23.0. The minimum Gasteiger partial charge on any atom is -0.475 e. The van der Waals surface area contributed by atoms with E-state index in [1.807, 2.05) is 4.90 Å². The lowest BCUT2D eigenvalue weighted by atomic mass is 10.0. The summed E-state index contributed by atoms with van der Waals surface area (Å²) < 4.78 is 43.0. The third-order valence-electron chi connectivity index (χ3n) is 5.68. The number of benzene rings is 1. The standard InChI is InChI=1S/C20H22ClFN4O5S/c1-32(29,30)13-2-3-16(14(22)8-13)31-19-15(27)11-26(20(19)28)12-4-6-25(7-5-12)18-10-23-17(21)9-24-18/h2-3,8-10,12,15,19,27H,4-7,11H2,1H3/t15-,19-/m0/s1. The van der Waals surface area contributed by atoms with Crippen LogP contribution >= 0.6 is 11.6 Å². The number of amides is 1. The van der Waals surface area contributed by atoms with E-state index in [4.69, 9.17) is 16.3 Å². The molecule has 0 aliphatic carbocycles. The summed E-state index contributed by atoms with van der Waals surface area (Å²) in [6, 6.07) is 3.09. The average molecular weight is 485 g/mol. The minimum absolute atomic E-state index is 0.0813. The van der Waals surface area contributed by atoms with Crippen molar-refractivity contribution in [1.29, 1.82) is 0 Å². The number of likely N-dealkylation sites (tertiary alicyclic amines) is 1. The van der Waals surface area contributed by atoms with Gasteiger partial charge in [-0.15, -0.1) is 0 Å². The summed E-state index contributed by atoms with van der Waals surface area (Å²) in [7, 11) is -3.58. The lowest BCUT2D eigenvalue weighted by molar-refractivity contribution is -0.136. The fourth-order valence-electron chi connectivity index (χ4n) is 3.99. The molecule has 0 bridgehead atoms. The molecular formula is C20H22ClFN4O5S. The van der Waals surface area contributed by atoms with E-state index in [1.165, 1.54) is 12.3 Å². The van der Waals surface area contributed by atoms with Crippen LogP contribution in [0.5, 0.6) is 5.75 Å². The van der Waals surface area contributed by atoms with E-state index < -0.39 is 33.8 Å². The fourth-order valence-corrected chi connectivity index (χ4v) is 4.72. The van der Waals surface area contributed by atoms with E-state index in [2.05, 4.69) is 9.97 Å². The van der Waals surface area contributed by atoms with Gasteiger partial charge < -0.3 is 19.6 Å². The van der Waals surface area contributed by atoms with Crippen molar-refractivity contribution in [1.82, 2.24) is 14.9 Å². The van der Waals surface area contributed by atoms with E-state index in [-0.39, 0.29) is 23.2 Å². The number of hydrogen-bond donors (Lipinski definition) is 1. The maximum Gasteiger partial charge on any atom is 0.266 e. The highest BCUT2D eigenvalue weighted by atomic mass is 35.5. The number of carbonyl (C=O) groups excluding carboxylic acids is 1. The number of piperidine rings is 1. The smallest absolute Gasteiger partial charge is 0.266 e. The number of aliphatic hydroxyl groups excluding tert-OH is 1. The SMILES string of the molecule is CS(=O)(=O)c1ccc(O[C@@H]2C(=O)N(C3CCN(c4cnc(Cl)cn4)CC3)C[C@@H]2O)c(F)c1. The number of anilines is 1. The molecule has 2 atom stereocenters. The largest absolute Gasteiger partial charge is 0.475 e. The molecule has 2 aromatic rings. The van der Waals surface area contributed by atoms with Gasteiger partial charge in [0.05, 0.1) is 23.8 Å². The Hall–Kier alpha value is -2.50. The van der Waals surface area contributed by atoms with Gasteiger partial charge in [0.15, 0.2) is 21.4 Å². The zero-order valence-corrected chi connectivity index (χ0v) is 18.8. The summed E-state index contributed by atoms with van der Waals surface area (Å²) >= 11 is 5.78. The molecule has 2 aliphatic rings. The molecule has 12 heteroatoms. The summed E-state index contributed by atoms with van der Waals surface area (Å²) in [6.45, 7) is 1.37. The van der Waals surface area contributed by atoms with Crippen LogP contribution in [0.1, 0.15) is 12.8 Å². The molecule has 3 heterocycles. The second kappa shape index (κ2) is 8.80. The maximum atomic E-state index is 14.3. The number of rotatable bonds is 5. The molecule has 172 valence electrons. The van der Waals surface area contributed by atoms with E-state index in [0.717, 1.165) is 18.4 Å². The quantitative estimate of drug-likeness (QED) is 0.675. The highest BCUT2D eigenvalue weighted by Crippen LogP contribution is 2.29. The van der Waals surface area contributed by atoms with Crippen LogP contribution in [0.3, 0.4) is 0 Å². The molecule has 2 fully saturated rings. The van der Waals surface area contributed by atoms with E-state index in [9.17, 15) is 22.7 Å². The molecule has 9 nitrogen and oxygen atoms in total. The molecule has 1 N–H and O–H groups in total. The van der Waals surface area contributed by atoms with Crippen LogP contribution in [0, 0.1) is 5.82 Å². The van der Waals surface area contributed by atoms with Crippen LogP contribution in [-0.4, -0.2) is 78.4 Å². The van der Waals surface area contributed by atoms with Crippen molar-refractivity contribution >= 4 is 33.2 Å². The molecular weight excluding hydrogens is 463 g/mol. The number of hydrogen-bond acceptors (Lipinski definition) is 8. The number of aliphatic hydroxyl groups is 1. The first-order valence-electron chi connectivity index (χ1n) is 10.0. The third-order valence-corrected chi connectivity index (χ3v) is 6.99. The van der Waals surface area contributed by atoms with Crippen LogP contribution in [0.2, 0.25) is 5.15 Å². The molecule has 0 saturated carbocycles. The van der Waals surface area contributed by atoms with Gasteiger partial charge in [0, 0.05) is 25.4 Å². The van der Waals surface area contributed by atoms with E-state index in [0.29, 0.717) is 36.9 Å². The van der Waals surface area contributed by atoms with Crippen molar-refractivity contribution in [2.45, 2.75) is 36.0 Å². The fraction of sp³-hybridized carbons (Fsp3) is 0.450. The van der Waals surface area contributed by atoms with Crippen molar-refractivity contribution in [3.63, 3.8) is 0 Å². The van der Waals surface area contributed by atoms with Crippen molar-refractivity contribution < 1.29 is 27.4 Å². The van der Waals surface area contributed by atoms with Crippen LogP contribution in [-0.2, 0) is 14.6 Å². The summed E-state index contributed by atoms with van der Waals surface area (Å²) in [5, 5.41) is 10.7. The Morgan fingerprint density at radius 1 is 1.22 bits per heavy atom. The molecule has 32 heavy (non-hydrogen) atoms. The summed E-state index contributed by atoms with van der Waals surface area (Å²) in [6.07, 6.45) is 2.98. The van der Waals surface area contributed by atoms with Gasteiger partial charge in [-0.3, -0.25) is 4.79 Å². The summed E-state index contributed by atoms with van der Waals surface area (Å²) in [5.41, 5.74) is 0. The van der Waals surface area contributed by atoms with Gasteiger partial charge in [-0.25, -0.2) is 22.8 Å². The maximum absolute atomic E-state index is 14.3. The molecule has 1 aromatic heterocycles. The Bertz CT molecular complexity index is 1110. The van der Waals surface area contributed by atoms with Gasteiger partial charge in [0.1, 0.15) is 17.1 Å². The van der Waals surface area contributed by atoms with Crippen LogP contribution < -0.4 is 9.64 Å². The molecule has 0 spiro atoms. The predicted octanol–water partition coefficient (Wildman–Crippen LogP) is 1.29. The normalized spacial score (nSPS) is 22.4. The highest BCUT2D eigenvalue weighted by Gasteiger charge is 2.45. The highest BCUT2D eigenvalue weighted by molar-refractivity contribution is 7.90. The van der Waals surface area contributed by atoms with E-state index in [1.54, 1.807) is 11.1 Å². The predicted molar refractivity (Wildman–Crippen MR) is 114 cm³/mol. The summed E-state index contributed by atoms with van der Waals surface area (Å²) in [5.74, 6) is -0.916. The Morgan fingerprint density at radius 3 is 2.53 bits per heavy atom. The van der Waals surface area contributed by atoms with E-state index >= 15 is 0 Å². The molecule has 1 aromatic carbocycles. The lowest BCUT2D eigenvalue weighted by Crippen LogP contribution is -2.47. The second-order valence-electron chi connectivity index (χ2n) is 7.88. The number of halogens is 2. The van der Waals surface area contributed by atoms with Gasteiger partial charge in [0.25, 0.3) is 5.91 Å². The first-order valence-corrected chi connectivity index (χ1v) is 12.3. The minimum atomic E-state index is -3.58. The van der Waals surface area contributed by atoms with Crippen molar-refractivity contribution in [2.24, 2.45) is 0 Å². The van der Waals surface area contributed by atoms with Gasteiger partial charge in [0.2, 0.25) is 6.10 Å². The summed E-state index contributed by atoms with van der Waals surface area (Å²) in [4.78, 5) is 24.6. The van der Waals surface area contributed by atoms with Gasteiger partial charge in [-0.05, 0) is 31.0 Å². The van der Waals surface area contributed by atoms with Gasteiger partial charge >= 0.3 is 0 Å². The number of carbonyl (C=O) groups is 1. The first kappa shape index (κ1) is 22.7. The molecule has 1 amide bonds. The molecule has 2 aliphatic heterocycles. The van der Waals surface area contributed by atoms with Crippen LogP contribution in [0.4, 0.5) is 10.2 Å². The average Bonchev–Trinajstić information content (AvgIpc) is 3.03. The van der Waals surface area contributed by atoms with Gasteiger partial charge in [-0.2, -0.15) is 0 Å². The van der Waals surface area contributed by atoms with Crippen molar-refractivity contribution in [3.05, 3.63) is 41.6 Å². The monoisotopic (exact) mass is 484 g/mol. The molecule has 0 radical (unpaired) electrons. The van der Waals surface area contributed by atoms with Crippen molar-refractivity contribution in [2.75, 3.05) is 30.8 Å². The topological polar surface area (TPSA) is 113 Å². The number of nitrogens with zero attached hydrogens (tertiary/aromatic N) is 4. The number of aromatic nitrogens is 2. The van der Waals surface area contributed by atoms with Crippen LogP contribution in [0.25, 0.3) is 0 Å². The zero-order valence-electron chi connectivity index (χ0n) is 17.2. The Labute approximate surface area is 189 Å². The van der Waals surface area contributed by atoms with Gasteiger partial charge in [-0.1, -0.05) is 11.6 Å². The van der Waals surface area contributed by atoms with Crippen LogP contribution in [0.15, 0.2) is 35.5 Å². The van der Waals surface area contributed by atoms with Crippen molar-refractivity contribution in [3.8, 4) is 5.75 Å². The Balaban J connectivity index is 1.40. The number of sulfone groups is 1. The molecule has 0 unspecified atom stereocenters. The number of ether oxygens (including phenoxy) is 1.